The summed E-state index contributed by atoms with van der Waals surface area (Å²) in [7, 11) is 0. The van der Waals surface area contributed by atoms with Crippen LogP contribution in [0.25, 0.3) is 10.9 Å². The van der Waals surface area contributed by atoms with Crippen LogP contribution in [0.4, 0.5) is 0 Å². The Hall–Kier alpha value is -2.21. The molecule has 100 valence electrons. The number of ether oxygens (including phenoxy) is 1. The van der Waals surface area contributed by atoms with E-state index in [1.807, 2.05) is 6.07 Å². The molecule has 3 aromatic rings. The van der Waals surface area contributed by atoms with Crippen molar-refractivity contribution in [1.29, 1.82) is 0 Å². The fourth-order valence-corrected chi connectivity index (χ4v) is 2.17. The van der Waals surface area contributed by atoms with E-state index in [1.54, 1.807) is 36.7 Å². The molecule has 0 fully saturated rings. The van der Waals surface area contributed by atoms with Crippen molar-refractivity contribution < 1.29 is 4.74 Å². The molecule has 0 atom stereocenters. The van der Waals surface area contributed by atoms with Crippen molar-refractivity contribution in [2.24, 2.45) is 0 Å². The molecular formula is C14H10BrN3O2. The van der Waals surface area contributed by atoms with Crippen LogP contribution in [0.2, 0.25) is 0 Å². The lowest BCUT2D eigenvalue weighted by Gasteiger charge is -2.06. The highest BCUT2D eigenvalue weighted by molar-refractivity contribution is 9.10. The number of hydrogen-bond donors (Lipinski definition) is 1. The Kier molecular flexibility index (Phi) is 3.47. The van der Waals surface area contributed by atoms with Crippen molar-refractivity contribution in [2.75, 3.05) is 0 Å². The van der Waals surface area contributed by atoms with Crippen LogP contribution in [0.5, 0.6) is 5.75 Å². The molecular weight excluding hydrogens is 322 g/mol. The van der Waals surface area contributed by atoms with Crippen LogP contribution < -0.4 is 10.3 Å². The number of hydrogen-bond acceptors (Lipinski definition) is 4. The molecule has 0 radical (unpaired) electrons. The molecule has 0 saturated carbocycles. The first-order valence-electron chi connectivity index (χ1n) is 5.94. The van der Waals surface area contributed by atoms with Crippen molar-refractivity contribution >= 4 is 26.8 Å². The second-order valence-corrected chi connectivity index (χ2v) is 5.07. The smallest absolute Gasteiger partial charge is 0.258 e. The van der Waals surface area contributed by atoms with Gasteiger partial charge in [0.15, 0.2) is 0 Å². The number of aromatic amines is 1. The number of pyridine rings is 1. The highest BCUT2D eigenvalue weighted by atomic mass is 79.9. The molecule has 1 N–H and O–H groups in total. The van der Waals surface area contributed by atoms with Gasteiger partial charge in [0.1, 0.15) is 18.2 Å². The summed E-state index contributed by atoms with van der Waals surface area (Å²) in [5.74, 6) is 1.11. The van der Waals surface area contributed by atoms with Crippen molar-refractivity contribution in [3.05, 3.63) is 63.4 Å². The third-order valence-electron chi connectivity index (χ3n) is 2.73. The van der Waals surface area contributed by atoms with Crippen molar-refractivity contribution in [1.82, 2.24) is 15.0 Å². The molecule has 0 aliphatic rings. The monoisotopic (exact) mass is 331 g/mol. The maximum absolute atomic E-state index is 12.0. The molecule has 0 amide bonds. The van der Waals surface area contributed by atoms with E-state index >= 15 is 0 Å². The number of H-pyrrole nitrogens is 1. The van der Waals surface area contributed by atoms with Gasteiger partial charge in [0.05, 0.1) is 17.1 Å². The highest BCUT2D eigenvalue weighted by Crippen LogP contribution is 2.15. The number of benzene rings is 1. The third-order valence-corrected chi connectivity index (χ3v) is 3.22. The van der Waals surface area contributed by atoms with Gasteiger partial charge >= 0.3 is 0 Å². The van der Waals surface area contributed by atoms with Crippen LogP contribution in [0.1, 0.15) is 5.82 Å². The molecule has 2 aromatic heterocycles. The van der Waals surface area contributed by atoms with Crippen LogP contribution in [-0.4, -0.2) is 15.0 Å². The van der Waals surface area contributed by atoms with Crippen molar-refractivity contribution in [2.45, 2.75) is 6.61 Å². The van der Waals surface area contributed by atoms with Gasteiger partial charge in [-0.1, -0.05) is 15.9 Å². The first kappa shape index (κ1) is 12.8. The van der Waals surface area contributed by atoms with Crippen LogP contribution >= 0.6 is 15.9 Å². The largest absolute Gasteiger partial charge is 0.484 e. The molecule has 1 aromatic carbocycles. The maximum atomic E-state index is 12.0. The Balaban J connectivity index is 1.89. The average molecular weight is 332 g/mol. The Morgan fingerprint density at radius 3 is 3.00 bits per heavy atom. The minimum Gasteiger partial charge on any atom is -0.484 e. The normalized spacial score (nSPS) is 10.7. The molecule has 6 heteroatoms. The van der Waals surface area contributed by atoms with Gasteiger partial charge in [0, 0.05) is 10.7 Å². The molecule has 3 rings (SSSR count). The van der Waals surface area contributed by atoms with Gasteiger partial charge in [0.2, 0.25) is 0 Å². The molecule has 0 bridgehead atoms. The Morgan fingerprint density at radius 1 is 1.30 bits per heavy atom. The van der Waals surface area contributed by atoms with Gasteiger partial charge in [0.25, 0.3) is 5.56 Å². The molecule has 5 nitrogen and oxygen atoms in total. The van der Waals surface area contributed by atoms with E-state index in [0.29, 0.717) is 22.5 Å². The van der Waals surface area contributed by atoms with Crippen molar-refractivity contribution in [3.8, 4) is 5.75 Å². The maximum Gasteiger partial charge on any atom is 0.258 e. The number of fused-ring (bicyclic) bond motifs is 1. The lowest BCUT2D eigenvalue weighted by Crippen LogP contribution is -2.13. The summed E-state index contributed by atoms with van der Waals surface area (Å²) in [5, 5.41) is 0.546. The molecule has 0 aliphatic carbocycles. The second-order valence-electron chi connectivity index (χ2n) is 4.15. The fraction of sp³-hybridized carbons (Fsp3) is 0.0714. The van der Waals surface area contributed by atoms with Gasteiger partial charge in [-0.05, 0) is 30.3 Å². The molecule has 2 heterocycles. The predicted octanol–water partition coefficient (Wildman–Crippen LogP) is 2.66. The van der Waals surface area contributed by atoms with Crippen LogP contribution in [0, 0.1) is 0 Å². The third kappa shape index (κ3) is 2.70. The summed E-state index contributed by atoms with van der Waals surface area (Å²) in [6, 6.07) is 8.96. The number of nitrogens with zero attached hydrogens (tertiary/aromatic N) is 2. The number of aromatic nitrogens is 3. The molecule has 0 aliphatic heterocycles. The Morgan fingerprint density at radius 2 is 2.20 bits per heavy atom. The molecule has 0 spiro atoms. The minimum absolute atomic E-state index is 0.180. The van der Waals surface area contributed by atoms with E-state index in [0.717, 1.165) is 4.47 Å². The lowest BCUT2D eigenvalue weighted by molar-refractivity contribution is 0.295. The zero-order valence-corrected chi connectivity index (χ0v) is 11.9. The van der Waals surface area contributed by atoms with Crippen LogP contribution in [0.3, 0.4) is 0 Å². The van der Waals surface area contributed by atoms with Gasteiger partial charge in [-0.2, -0.15) is 0 Å². The molecule has 20 heavy (non-hydrogen) atoms. The predicted molar refractivity (Wildman–Crippen MR) is 78.6 cm³/mol. The zero-order valence-electron chi connectivity index (χ0n) is 10.3. The number of halogens is 1. The quantitative estimate of drug-likeness (QED) is 0.801. The second kappa shape index (κ2) is 5.42. The summed E-state index contributed by atoms with van der Waals surface area (Å²) in [5.41, 5.74) is 0.461. The topological polar surface area (TPSA) is 67.9 Å². The van der Waals surface area contributed by atoms with E-state index in [1.165, 1.54) is 0 Å². The summed E-state index contributed by atoms with van der Waals surface area (Å²) in [6.45, 7) is 0.187. The fourth-order valence-electron chi connectivity index (χ4n) is 1.81. The zero-order chi connectivity index (χ0) is 13.9. The first-order valence-corrected chi connectivity index (χ1v) is 6.73. The van der Waals surface area contributed by atoms with E-state index in [4.69, 9.17) is 4.74 Å². The molecule has 0 saturated heterocycles. The van der Waals surface area contributed by atoms with Crippen molar-refractivity contribution in [3.63, 3.8) is 0 Å². The van der Waals surface area contributed by atoms with E-state index in [9.17, 15) is 4.79 Å². The Labute approximate surface area is 122 Å². The average Bonchev–Trinajstić information content (AvgIpc) is 2.47. The molecule has 0 unspecified atom stereocenters. The highest BCUT2D eigenvalue weighted by Gasteiger charge is 2.05. The van der Waals surface area contributed by atoms with Crippen LogP contribution in [0.15, 0.2) is 52.0 Å². The number of nitrogens with one attached hydrogen (secondary N) is 1. The summed E-state index contributed by atoms with van der Waals surface area (Å²) in [4.78, 5) is 23.0. The summed E-state index contributed by atoms with van der Waals surface area (Å²) >= 11 is 3.33. The van der Waals surface area contributed by atoms with Gasteiger partial charge < -0.3 is 9.72 Å². The van der Waals surface area contributed by atoms with Gasteiger partial charge in [-0.25, -0.2) is 4.98 Å². The lowest BCUT2D eigenvalue weighted by atomic mass is 10.2. The number of rotatable bonds is 3. The summed E-state index contributed by atoms with van der Waals surface area (Å²) < 4.78 is 6.36. The van der Waals surface area contributed by atoms with Crippen LogP contribution in [-0.2, 0) is 6.61 Å². The first-order chi connectivity index (χ1) is 9.72. The van der Waals surface area contributed by atoms with E-state index in [2.05, 4.69) is 30.9 Å². The van der Waals surface area contributed by atoms with Gasteiger partial charge in [-0.15, -0.1) is 0 Å². The Bertz CT molecular complexity index is 802. The SMILES string of the molecule is O=c1[nH]c(COc2cccnc2)nc2ccc(Br)cc12. The van der Waals surface area contributed by atoms with E-state index < -0.39 is 0 Å². The van der Waals surface area contributed by atoms with Gasteiger partial charge in [-0.3, -0.25) is 9.78 Å². The summed E-state index contributed by atoms with van der Waals surface area (Å²) in [6.07, 6.45) is 3.27. The standard InChI is InChI=1S/C14H10BrN3O2/c15-9-3-4-12-11(6-9)14(19)18-13(17-12)8-20-10-2-1-5-16-7-10/h1-7H,8H2,(H,17,18,19). The van der Waals surface area contributed by atoms with E-state index in [-0.39, 0.29) is 12.2 Å². The minimum atomic E-state index is -0.180.